The first kappa shape index (κ1) is 19.7. The summed E-state index contributed by atoms with van der Waals surface area (Å²) >= 11 is 6.15. The third-order valence-electron chi connectivity index (χ3n) is 5.36. The van der Waals surface area contributed by atoms with Crippen LogP contribution in [0.4, 0.5) is 0 Å². The van der Waals surface area contributed by atoms with Crippen molar-refractivity contribution in [1.29, 1.82) is 0 Å². The van der Waals surface area contributed by atoms with E-state index in [0.717, 1.165) is 35.7 Å². The summed E-state index contributed by atoms with van der Waals surface area (Å²) in [6.07, 6.45) is 2.21. The van der Waals surface area contributed by atoms with Crippen molar-refractivity contribution < 1.29 is 9.32 Å². The fourth-order valence-electron chi connectivity index (χ4n) is 3.62. The van der Waals surface area contributed by atoms with E-state index in [1.54, 1.807) is 0 Å². The van der Waals surface area contributed by atoms with Crippen molar-refractivity contribution in [1.82, 2.24) is 20.0 Å². The molecule has 1 atom stereocenters. The topological polar surface area (TPSA) is 73.0 Å². The molecule has 1 aliphatic rings. The van der Waals surface area contributed by atoms with Crippen LogP contribution in [0.5, 0.6) is 0 Å². The summed E-state index contributed by atoms with van der Waals surface area (Å²) in [7, 11) is 0. The molecule has 0 bridgehead atoms. The summed E-state index contributed by atoms with van der Waals surface area (Å²) in [5, 5.41) is 7.84. The van der Waals surface area contributed by atoms with Crippen LogP contribution < -0.4 is 5.32 Å². The van der Waals surface area contributed by atoms with Crippen molar-refractivity contribution in [3.8, 4) is 5.69 Å². The zero-order valence-electron chi connectivity index (χ0n) is 17.1. The van der Waals surface area contributed by atoms with Crippen LogP contribution in [0.25, 0.3) is 5.69 Å². The van der Waals surface area contributed by atoms with Gasteiger partial charge in [0.05, 0.1) is 5.56 Å². The summed E-state index contributed by atoms with van der Waals surface area (Å²) in [4.78, 5) is 17.7. The van der Waals surface area contributed by atoms with Gasteiger partial charge in [-0.1, -0.05) is 36.7 Å². The van der Waals surface area contributed by atoms with Crippen LogP contribution in [-0.4, -0.2) is 20.6 Å². The third-order valence-corrected chi connectivity index (χ3v) is 5.60. The second-order valence-electron chi connectivity index (χ2n) is 8.06. The largest absolute Gasteiger partial charge is 0.340 e. The number of hydrogen-bond donors (Lipinski definition) is 1. The maximum Gasteiger partial charge on any atom is 0.253 e. The molecule has 0 aliphatic heterocycles. The number of benzene rings is 1. The summed E-state index contributed by atoms with van der Waals surface area (Å²) in [6.45, 7) is 7.97. The highest BCUT2D eigenvalue weighted by molar-refractivity contribution is 6.30. The Hall–Kier alpha value is -2.60. The monoisotopic (exact) mass is 412 g/mol. The van der Waals surface area contributed by atoms with Gasteiger partial charge in [0.25, 0.3) is 5.91 Å². The molecule has 29 heavy (non-hydrogen) atoms. The molecule has 1 saturated carbocycles. The minimum Gasteiger partial charge on any atom is -0.340 e. The Balaban J connectivity index is 1.60. The Morgan fingerprint density at radius 3 is 2.69 bits per heavy atom. The Labute approximate surface area is 175 Å². The number of amides is 1. The van der Waals surface area contributed by atoms with Gasteiger partial charge in [0, 0.05) is 28.0 Å². The molecule has 1 fully saturated rings. The van der Waals surface area contributed by atoms with E-state index in [4.69, 9.17) is 16.1 Å². The highest BCUT2D eigenvalue weighted by Crippen LogP contribution is 2.38. The van der Waals surface area contributed by atoms with Gasteiger partial charge in [0.15, 0.2) is 5.82 Å². The number of carbonyl (C=O) groups is 1. The predicted octanol–water partition coefficient (Wildman–Crippen LogP) is 5.14. The molecule has 2 aromatic heterocycles. The number of aryl methyl sites for hydroxylation is 1. The van der Waals surface area contributed by atoms with E-state index in [1.807, 2.05) is 62.6 Å². The van der Waals surface area contributed by atoms with Crippen molar-refractivity contribution in [3.05, 3.63) is 64.0 Å². The quantitative estimate of drug-likeness (QED) is 0.608. The molecular formula is C22H25ClN4O2. The van der Waals surface area contributed by atoms with Gasteiger partial charge in [-0.15, -0.1) is 0 Å². The molecule has 2 heterocycles. The fourth-order valence-corrected chi connectivity index (χ4v) is 3.80. The third kappa shape index (κ3) is 3.94. The lowest BCUT2D eigenvalue weighted by Crippen LogP contribution is -2.32. The van der Waals surface area contributed by atoms with E-state index < -0.39 is 0 Å². The first-order chi connectivity index (χ1) is 13.8. The van der Waals surface area contributed by atoms with E-state index in [2.05, 4.69) is 15.5 Å². The molecule has 0 radical (unpaired) electrons. The highest BCUT2D eigenvalue weighted by atomic mass is 35.5. The molecule has 1 amide bonds. The molecule has 0 saturated heterocycles. The van der Waals surface area contributed by atoms with Gasteiger partial charge < -0.3 is 14.4 Å². The molecule has 7 heteroatoms. The van der Waals surface area contributed by atoms with Crippen molar-refractivity contribution in [2.75, 3.05) is 0 Å². The number of aromatic nitrogens is 3. The first-order valence-electron chi connectivity index (χ1n) is 9.94. The van der Waals surface area contributed by atoms with E-state index in [-0.39, 0.29) is 17.9 Å². The number of nitrogens with zero attached hydrogens (tertiary/aromatic N) is 3. The zero-order valence-corrected chi connectivity index (χ0v) is 17.8. The average Bonchev–Trinajstić information content (AvgIpc) is 3.33. The number of nitrogens with one attached hydrogen (secondary N) is 1. The number of carbonyl (C=O) groups excluding carboxylic acids is 1. The van der Waals surface area contributed by atoms with Crippen LogP contribution >= 0.6 is 11.6 Å². The summed E-state index contributed by atoms with van der Waals surface area (Å²) in [5.74, 6) is 1.59. The van der Waals surface area contributed by atoms with E-state index in [0.29, 0.717) is 22.4 Å². The predicted molar refractivity (Wildman–Crippen MR) is 112 cm³/mol. The molecule has 1 N–H and O–H groups in total. The van der Waals surface area contributed by atoms with Crippen molar-refractivity contribution >= 4 is 17.5 Å². The van der Waals surface area contributed by atoms with Gasteiger partial charge in [0.2, 0.25) is 5.89 Å². The van der Waals surface area contributed by atoms with Crippen molar-refractivity contribution in [3.63, 3.8) is 0 Å². The van der Waals surface area contributed by atoms with Gasteiger partial charge >= 0.3 is 0 Å². The normalized spacial score (nSPS) is 15.0. The first-order valence-corrected chi connectivity index (χ1v) is 10.3. The lowest BCUT2D eigenvalue weighted by Gasteiger charge is -2.18. The fraction of sp³-hybridized carbons (Fsp3) is 0.409. The van der Waals surface area contributed by atoms with E-state index in [1.165, 1.54) is 0 Å². The Kier molecular flexibility index (Phi) is 5.21. The standard InChI is InChI=1S/C22H25ClN4O2/c1-12(2)19(22-25-20(26-29-22)15-8-9-15)24-21(28)18-10-13(3)27(14(18)4)17-7-5-6-16(23)11-17/h5-7,10-12,15,19H,8-9H2,1-4H3,(H,24,28). The maximum absolute atomic E-state index is 13.1. The number of halogens is 1. The lowest BCUT2D eigenvalue weighted by molar-refractivity contribution is 0.0913. The Morgan fingerprint density at radius 2 is 2.03 bits per heavy atom. The van der Waals surface area contributed by atoms with Crippen LogP contribution in [0.1, 0.15) is 72.1 Å². The van der Waals surface area contributed by atoms with Gasteiger partial charge in [0.1, 0.15) is 6.04 Å². The average molecular weight is 413 g/mol. The molecule has 0 spiro atoms. The minimum absolute atomic E-state index is 0.114. The SMILES string of the molecule is Cc1cc(C(=O)NC(c2nc(C3CC3)no2)C(C)C)c(C)n1-c1cccc(Cl)c1. The smallest absolute Gasteiger partial charge is 0.253 e. The summed E-state index contributed by atoms with van der Waals surface area (Å²) in [5.41, 5.74) is 3.37. The van der Waals surface area contributed by atoms with Crippen LogP contribution in [0.15, 0.2) is 34.9 Å². The summed E-state index contributed by atoms with van der Waals surface area (Å²) in [6, 6.07) is 9.15. The highest BCUT2D eigenvalue weighted by Gasteiger charge is 2.32. The number of rotatable bonds is 6. The van der Waals surface area contributed by atoms with Gasteiger partial charge in [-0.3, -0.25) is 4.79 Å². The van der Waals surface area contributed by atoms with Crippen molar-refractivity contribution in [2.24, 2.45) is 5.92 Å². The molecule has 1 aromatic carbocycles. The Bertz CT molecular complexity index is 1050. The molecule has 4 rings (SSSR count). The van der Waals surface area contributed by atoms with Gasteiger partial charge in [-0.2, -0.15) is 4.98 Å². The summed E-state index contributed by atoms with van der Waals surface area (Å²) < 4.78 is 7.50. The van der Waals surface area contributed by atoms with E-state index in [9.17, 15) is 4.79 Å². The van der Waals surface area contributed by atoms with Crippen LogP contribution in [0.2, 0.25) is 5.02 Å². The second kappa shape index (κ2) is 7.67. The number of hydrogen-bond acceptors (Lipinski definition) is 4. The van der Waals surface area contributed by atoms with Crippen LogP contribution in [0, 0.1) is 19.8 Å². The van der Waals surface area contributed by atoms with E-state index >= 15 is 0 Å². The van der Waals surface area contributed by atoms with Crippen LogP contribution in [-0.2, 0) is 0 Å². The Morgan fingerprint density at radius 1 is 1.28 bits per heavy atom. The lowest BCUT2D eigenvalue weighted by atomic mass is 10.0. The second-order valence-corrected chi connectivity index (χ2v) is 8.50. The molecule has 1 unspecified atom stereocenters. The van der Waals surface area contributed by atoms with Crippen molar-refractivity contribution in [2.45, 2.75) is 52.5 Å². The van der Waals surface area contributed by atoms with Crippen LogP contribution in [0.3, 0.4) is 0 Å². The van der Waals surface area contributed by atoms with Gasteiger partial charge in [-0.05, 0) is 56.9 Å². The zero-order chi connectivity index (χ0) is 20.7. The molecule has 6 nitrogen and oxygen atoms in total. The molecule has 152 valence electrons. The van der Waals surface area contributed by atoms with Gasteiger partial charge in [-0.25, -0.2) is 0 Å². The molecular weight excluding hydrogens is 388 g/mol. The minimum atomic E-state index is -0.336. The molecule has 1 aliphatic carbocycles. The maximum atomic E-state index is 13.1. The molecule has 3 aromatic rings.